The Balaban J connectivity index is 1.76. The third-order valence-electron chi connectivity index (χ3n) is 3.19. The Morgan fingerprint density at radius 2 is 2.40 bits per heavy atom. The smallest absolute Gasteiger partial charge is 0.0965 e. The molecule has 0 aromatic carbocycles. The quantitative estimate of drug-likeness (QED) is 0.803. The first kappa shape index (κ1) is 11.1. The summed E-state index contributed by atoms with van der Waals surface area (Å²) in [5, 5.41) is 7.00. The molecule has 1 aliphatic carbocycles. The van der Waals surface area contributed by atoms with Gasteiger partial charge >= 0.3 is 0 Å². The van der Waals surface area contributed by atoms with Crippen molar-refractivity contribution in [2.75, 3.05) is 6.54 Å². The van der Waals surface area contributed by atoms with Gasteiger partial charge < -0.3 is 5.32 Å². The first-order valence-corrected chi connectivity index (χ1v) is 6.82. The van der Waals surface area contributed by atoms with Crippen LogP contribution in [0.5, 0.6) is 0 Å². The summed E-state index contributed by atoms with van der Waals surface area (Å²) < 4.78 is 0. The van der Waals surface area contributed by atoms with E-state index in [1.807, 2.05) is 6.20 Å². The highest BCUT2D eigenvalue weighted by molar-refractivity contribution is 7.09. The van der Waals surface area contributed by atoms with Crippen molar-refractivity contribution >= 4 is 11.3 Å². The van der Waals surface area contributed by atoms with E-state index >= 15 is 0 Å². The van der Waals surface area contributed by atoms with Crippen LogP contribution in [0.15, 0.2) is 11.6 Å². The lowest BCUT2D eigenvalue weighted by atomic mass is 10.1. The fourth-order valence-corrected chi connectivity index (χ4v) is 2.73. The lowest BCUT2D eigenvalue weighted by Gasteiger charge is -2.18. The standard InChI is InChI=1S/C12H20N2S/c1-3-11(10-4-5-10)14-8-9(2)12-13-6-7-15-12/h6-7,9-11,14H,3-5,8H2,1-2H3. The maximum Gasteiger partial charge on any atom is 0.0965 e. The number of rotatable bonds is 6. The molecule has 1 aromatic rings. The van der Waals surface area contributed by atoms with Crippen LogP contribution < -0.4 is 5.32 Å². The van der Waals surface area contributed by atoms with Crippen molar-refractivity contribution in [2.24, 2.45) is 5.92 Å². The van der Waals surface area contributed by atoms with Crippen LogP contribution in [0.25, 0.3) is 0 Å². The molecule has 0 radical (unpaired) electrons. The van der Waals surface area contributed by atoms with Crippen molar-refractivity contribution in [1.29, 1.82) is 0 Å². The molecule has 15 heavy (non-hydrogen) atoms. The Morgan fingerprint density at radius 3 is 2.93 bits per heavy atom. The highest BCUT2D eigenvalue weighted by Gasteiger charge is 2.29. The van der Waals surface area contributed by atoms with E-state index in [0.717, 1.165) is 18.5 Å². The zero-order valence-corrected chi connectivity index (χ0v) is 10.4. The maximum absolute atomic E-state index is 4.36. The summed E-state index contributed by atoms with van der Waals surface area (Å²) in [5.41, 5.74) is 0. The zero-order valence-electron chi connectivity index (χ0n) is 9.57. The topological polar surface area (TPSA) is 24.9 Å². The SMILES string of the molecule is CCC(NCC(C)c1nccs1)C1CC1. The monoisotopic (exact) mass is 224 g/mol. The van der Waals surface area contributed by atoms with Gasteiger partial charge in [-0.2, -0.15) is 0 Å². The van der Waals surface area contributed by atoms with Crippen LogP contribution in [-0.2, 0) is 0 Å². The van der Waals surface area contributed by atoms with Crippen molar-refractivity contribution in [3.05, 3.63) is 16.6 Å². The molecule has 0 spiro atoms. The van der Waals surface area contributed by atoms with Gasteiger partial charge in [0.25, 0.3) is 0 Å². The van der Waals surface area contributed by atoms with Crippen molar-refractivity contribution < 1.29 is 0 Å². The predicted octanol–water partition coefficient (Wildman–Crippen LogP) is 3.02. The lowest BCUT2D eigenvalue weighted by Crippen LogP contribution is -2.33. The molecular formula is C12H20N2S. The van der Waals surface area contributed by atoms with Crippen LogP contribution in [0.2, 0.25) is 0 Å². The van der Waals surface area contributed by atoms with Crippen LogP contribution in [0.1, 0.15) is 44.0 Å². The average Bonchev–Trinajstić information content (AvgIpc) is 2.94. The Morgan fingerprint density at radius 1 is 1.60 bits per heavy atom. The molecule has 1 saturated carbocycles. The van der Waals surface area contributed by atoms with E-state index in [1.54, 1.807) is 11.3 Å². The second-order valence-corrected chi connectivity index (χ2v) is 5.46. The van der Waals surface area contributed by atoms with Gasteiger partial charge in [0.1, 0.15) is 0 Å². The Kier molecular flexibility index (Phi) is 3.76. The summed E-state index contributed by atoms with van der Waals surface area (Å²) in [4.78, 5) is 4.36. The van der Waals surface area contributed by atoms with E-state index in [0.29, 0.717) is 5.92 Å². The zero-order chi connectivity index (χ0) is 10.7. The third-order valence-corrected chi connectivity index (χ3v) is 4.20. The van der Waals surface area contributed by atoms with Gasteiger partial charge in [-0.1, -0.05) is 13.8 Å². The minimum atomic E-state index is 0.554. The molecule has 3 heteroatoms. The molecule has 0 aliphatic heterocycles. The van der Waals surface area contributed by atoms with Crippen molar-refractivity contribution in [1.82, 2.24) is 10.3 Å². The summed E-state index contributed by atoms with van der Waals surface area (Å²) in [6, 6.07) is 0.743. The van der Waals surface area contributed by atoms with E-state index in [2.05, 4.69) is 29.5 Å². The fraction of sp³-hybridized carbons (Fsp3) is 0.750. The van der Waals surface area contributed by atoms with Gasteiger partial charge in [-0.05, 0) is 25.2 Å². The van der Waals surface area contributed by atoms with Crippen molar-refractivity contribution in [3.63, 3.8) is 0 Å². The Hall–Kier alpha value is -0.410. The van der Waals surface area contributed by atoms with Gasteiger partial charge in [0.15, 0.2) is 0 Å². The van der Waals surface area contributed by atoms with E-state index in [4.69, 9.17) is 0 Å². The van der Waals surface area contributed by atoms with Gasteiger partial charge in [-0.15, -0.1) is 11.3 Å². The van der Waals surface area contributed by atoms with E-state index in [1.165, 1.54) is 24.3 Å². The minimum absolute atomic E-state index is 0.554. The second kappa shape index (κ2) is 5.08. The molecule has 0 amide bonds. The summed E-state index contributed by atoms with van der Waals surface area (Å²) in [5.74, 6) is 1.51. The van der Waals surface area contributed by atoms with Gasteiger partial charge in [-0.3, -0.25) is 0 Å². The molecule has 2 nitrogen and oxygen atoms in total. The second-order valence-electron chi connectivity index (χ2n) is 4.53. The van der Waals surface area contributed by atoms with Crippen LogP contribution in [0.4, 0.5) is 0 Å². The molecule has 1 heterocycles. The van der Waals surface area contributed by atoms with Crippen LogP contribution in [0.3, 0.4) is 0 Å². The van der Waals surface area contributed by atoms with Crippen LogP contribution in [0, 0.1) is 5.92 Å². The van der Waals surface area contributed by atoms with Crippen LogP contribution >= 0.6 is 11.3 Å². The molecule has 1 aromatic heterocycles. The van der Waals surface area contributed by atoms with E-state index in [9.17, 15) is 0 Å². The number of nitrogens with one attached hydrogen (secondary N) is 1. The van der Waals surface area contributed by atoms with Gasteiger partial charge in [0.05, 0.1) is 5.01 Å². The lowest BCUT2D eigenvalue weighted by molar-refractivity contribution is 0.436. The summed E-state index contributed by atoms with van der Waals surface area (Å²) in [6.07, 6.45) is 6.01. The average molecular weight is 224 g/mol. The van der Waals surface area contributed by atoms with Crippen molar-refractivity contribution in [2.45, 2.75) is 45.1 Å². The summed E-state index contributed by atoms with van der Waals surface area (Å²) in [6.45, 7) is 5.61. The number of thiazole rings is 1. The Labute approximate surface area is 96.1 Å². The number of aromatic nitrogens is 1. The highest BCUT2D eigenvalue weighted by Crippen LogP contribution is 2.34. The molecule has 1 N–H and O–H groups in total. The molecule has 2 unspecified atom stereocenters. The van der Waals surface area contributed by atoms with Gasteiger partial charge in [-0.25, -0.2) is 4.98 Å². The predicted molar refractivity (Wildman–Crippen MR) is 65.3 cm³/mol. The number of hydrogen-bond donors (Lipinski definition) is 1. The van der Waals surface area contributed by atoms with Crippen LogP contribution in [-0.4, -0.2) is 17.6 Å². The van der Waals surface area contributed by atoms with E-state index in [-0.39, 0.29) is 0 Å². The first-order chi connectivity index (χ1) is 7.31. The number of nitrogens with zero attached hydrogens (tertiary/aromatic N) is 1. The third kappa shape index (κ3) is 3.02. The summed E-state index contributed by atoms with van der Waals surface area (Å²) in [7, 11) is 0. The minimum Gasteiger partial charge on any atom is -0.313 e. The first-order valence-electron chi connectivity index (χ1n) is 5.94. The van der Waals surface area contributed by atoms with Gasteiger partial charge in [0.2, 0.25) is 0 Å². The van der Waals surface area contributed by atoms with Crippen molar-refractivity contribution in [3.8, 4) is 0 Å². The molecule has 1 aliphatic rings. The molecule has 84 valence electrons. The largest absolute Gasteiger partial charge is 0.313 e. The normalized spacial score (nSPS) is 20.1. The molecule has 2 atom stereocenters. The fourth-order valence-electron chi connectivity index (χ4n) is 2.04. The molecule has 0 saturated heterocycles. The van der Waals surface area contributed by atoms with Gasteiger partial charge in [0, 0.05) is 30.1 Å². The number of hydrogen-bond acceptors (Lipinski definition) is 3. The Bertz CT molecular complexity index is 280. The summed E-state index contributed by atoms with van der Waals surface area (Å²) >= 11 is 1.76. The molecule has 1 fully saturated rings. The molecule has 2 rings (SSSR count). The molecular weight excluding hydrogens is 204 g/mol. The molecule has 0 bridgehead atoms. The van der Waals surface area contributed by atoms with E-state index < -0.39 is 0 Å². The maximum atomic E-state index is 4.36. The highest BCUT2D eigenvalue weighted by atomic mass is 32.1.